The number of hydrogen-bond donors (Lipinski definition) is 2. The van der Waals surface area contributed by atoms with Crippen molar-refractivity contribution in [3.05, 3.63) is 0 Å². The molecular weight excluding hydrogens is 413 g/mol. The molecule has 0 aromatic rings. The second-order valence-electron chi connectivity index (χ2n) is 10.3. The quantitative estimate of drug-likeness (QED) is 0.460. The van der Waals surface area contributed by atoms with E-state index in [2.05, 4.69) is 94.7 Å². The van der Waals surface area contributed by atoms with E-state index in [9.17, 15) is 0 Å². The maximum atomic E-state index is 8.74. The van der Waals surface area contributed by atoms with Crippen LogP contribution in [0.15, 0.2) is 0 Å². The van der Waals surface area contributed by atoms with Gasteiger partial charge in [0.1, 0.15) is 0 Å². The molecule has 0 atom stereocenters. The smallest absolute Gasteiger partial charge is 0.474 e. The lowest BCUT2D eigenvalue weighted by atomic mass is 10.2. The van der Waals surface area contributed by atoms with Crippen molar-refractivity contribution in [3.8, 4) is 0 Å². The lowest BCUT2D eigenvalue weighted by Gasteiger charge is -2.29. The molecule has 0 bridgehead atoms. The molecule has 0 aromatic heterocycles. The van der Waals surface area contributed by atoms with Crippen molar-refractivity contribution in [2.45, 2.75) is 117 Å². The summed E-state index contributed by atoms with van der Waals surface area (Å²) in [7, 11) is -3.13. The molecule has 0 unspecified atom stereocenters. The van der Waals surface area contributed by atoms with Crippen molar-refractivity contribution in [3.63, 3.8) is 0 Å². The Labute approximate surface area is 184 Å². The van der Waals surface area contributed by atoms with Crippen molar-refractivity contribution >= 4 is 37.9 Å². The Bertz CT molecular complexity index is 352. The summed E-state index contributed by atoms with van der Waals surface area (Å²) in [5.41, 5.74) is -0.290. The molecule has 0 amide bonds. The first-order valence-corrected chi connectivity index (χ1v) is 15.1. The largest absolute Gasteiger partial charge is 0.671 e. The highest BCUT2D eigenvalue weighted by atomic mass is 31.1. The van der Waals surface area contributed by atoms with Crippen LogP contribution in [-0.2, 0) is 19.7 Å². The van der Waals surface area contributed by atoms with Gasteiger partial charge in [0, 0.05) is 22.4 Å². The molecule has 0 aliphatic carbocycles. The van der Waals surface area contributed by atoms with Gasteiger partial charge in [-0.3, -0.25) is 4.57 Å². The van der Waals surface area contributed by atoms with Gasteiger partial charge in [-0.05, 0) is 83.1 Å². The van der Waals surface area contributed by atoms with Crippen LogP contribution in [0.25, 0.3) is 0 Å². The van der Waals surface area contributed by atoms with E-state index < -0.39 is 37.9 Å². The highest BCUT2D eigenvalue weighted by Crippen LogP contribution is 2.15. The number of rotatable bonds is 4. The predicted octanol–water partition coefficient (Wildman–Crippen LogP) is 4.83. The van der Waals surface area contributed by atoms with Crippen LogP contribution in [0.3, 0.4) is 0 Å². The van der Waals surface area contributed by atoms with E-state index in [0.29, 0.717) is 0 Å². The summed E-state index contributed by atoms with van der Waals surface area (Å²) in [6, 6.07) is 0. The molecule has 28 heavy (non-hydrogen) atoms. The molecule has 0 saturated heterocycles. The highest BCUT2D eigenvalue weighted by Gasteiger charge is 2.29. The van der Waals surface area contributed by atoms with Crippen molar-refractivity contribution in [2.24, 2.45) is 0 Å². The summed E-state index contributed by atoms with van der Waals surface area (Å²) >= 11 is -2.90. The van der Waals surface area contributed by atoms with Gasteiger partial charge in [0.15, 0.2) is 0 Å². The van der Waals surface area contributed by atoms with Gasteiger partial charge in [0.05, 0.1) is 0 Å². The minimum atomic E-state index is -3.13. The van der Waals surface area contributed by atoms with Gasteiger partial charge in [0.25, 0.3) is 0 Å². The first kappa shape index (κ1) is 33.7. The van der Waals surface area contributed by atoms with E-state index in [1.807, 2.05) is 0 Å². The minimum absolute atomic E-state index is 0.0725. The summed E-state index contributed by atoms with van der Waals surface area (Å²) in [4.78, 5) is 14.3. The molecule has 0 spiro atoms. The summed E-state index contributed by atoms with van der Waals surface area (Å²) in [5.74, 6) is 4.13. The molecule has 0 aliphatic heterocycles. The van der Waals surface area contributed by atoms with Crippen LogP contribution in [0.2, 0.25) is 11.6 Å². The van der Waals surface area contributed by atoms with Gasteiger partial charge >= 0.3 is 37.9 Å². The Morgan fingerprint density at radius 3 is 0.714 bits per heavy atom. The third-order valence-electron chi connectivity index (χ3n) is 2.08. The Kier molecular flexibility index (Phi) is 17.1. The van der Waals surface area contributed by atoms with Gasteiger partial charge < -0.3 is 24.9 Å². The molecular formula is C18H45Al2O7P. The van der Waals surface area contributed by atoms with E-state index in [1.54, 1.807) is 0 Å². The van der Waals surface area contributed by atoms with Crippen molar-refractivity contribution in [2.75, 3.05) is 0 Å². The average molecular weight is 458 g/mol. The Morgan fingerprint density at radius 2 is 0.643 bits per heavy atom. The second-order valence-corrected chi connectivity index (χ2v) is 14.1. The van der Waals surface area contributed by atoms with E-state index in [4.69, 9.17) is 29.5 Å². The molecule has 0 heterocycles. The third kappa shape index (κ3) is 41.4. The molecule has 10 heteroatoms. The maximum Gasteiger partial charge on any atom is 0.671 e. The predicted molar refractivity (Wildman–Crippen MR) is 120 cm³/mol. The zero-order valence-corrected chi connectivity index (χ0v) is 23.9. The van der Waals surface area contributed by atoms with Crippen LogP contribution in [-0.4, -0.2) is 61.8 Å². The van der Waals surface area contributed by atoms with Crippen LogP contribution in [0.4, 0.5) is 0 Å². The summed E-state index contributed by atoms with van der Waals surface area (Å²) < 4.78 is 31.7. The van der Waals surface area contributed by atoms with Gasteiger partial charge in [-0.15, -0.1) is 0 Å². The Morgan fingerprint density at radius 1 is 0.536 bits per heavy atom. The van der Waals surface area contributed by atoms with Gasteiger partial charge in [-0.25, -0.2) is 0 Å². The Balaban J connectivity index is -0.000000375. The van der Waals surface area contributed by atoms with Gasteiger partial charge in [0.2, 0.25) is 0 Å². The molecule has 0 radical (unpaired) electrons. The lowest BCUT2D eigenvalue weighted by molar-refractivity contribution is 0.0360. The summed E-state index contributed by atoms with van der Waals surface area (Å²) in [5, 5.41) is 0. The van der Waals surface area contributed by atoms with Crippen molar-refractivity contribution in [1.29, 1.82) is 0 Å². The fourth-order valence-corrected chi connectivity index (χ4v) is 6.12. The number of hydrogen-bond acceptors (Lipinski definition) is 5. The van der Waals surface area contributed by atoms with E-state index in [1.165, 1.54) is 0 Å². The zero-order chi connectivity index (χ0) is 23.6. The van der Waals surface area contributed by atoms with E-state index in [-0.39, 0.29) is 22.4 Å². The lowest BCUT2D eigenvalue weighted by Crippen LogP contribution is -2.36. The summed E-state index contributed by atoms with van der Waals surface area (Å²) in [6.45, 7) is 24.7. The molecule has 0 aliphatic rings. The molecule has 0 rings (SSSR count). The molecule has 7 nitrogen and oxygen atoms in total. The molecule has 0 aromatic carbocycles. The van der Waals surface area contributed by atoms with Crippen molar-refractivity contribution < 1.29 is 29.5 Å². The third-order valence-corrected chi connectivity index (χ3v) is 6.23. The van der Waals surface area contributed by atoms with Crippen molar-refractivity contribution in [1.82, 2.24) is 0 Å². The first-order valence-electron chi connectivity index (χ1n) is 9.57. The minimum Gasteiger partial charge on any atom is -0.474 e. The van der Waals surface area contributed by atoms with Crippen LogP contribution >= 0.6 is 8.25 Å². The van der Waals surface area contributed by atoms with Crippen LogP contribution < -0.4 is 0 Å². The normalized spacial score (nSPS) is 12.6. The monoisotopic (exact) mass is 458 g/mol. The van der Waals surface area contributed by atoms with Gasteiger partial charge in [-0.2, -0.15) is 0 Å². The van der Waals surface area contributed by atoms with Gasteiger partial charge in [-0.1, -0.05) is 11.6 Å². The standard InChI is InChI=1S/4C4H9O.2CH3.2Al.H3O3P/c4*1-4(2,3)5;;;;;1-4(2)3/h4*1-3H3;2*1H3;;;4H,(H2,1,2,3)/q4*-1;;;2*+2;. The Hall–Kier alpha value is 1.05. The van der Waals surface area contributed by atoms with Crippen LogP contribution in [0.5, 0.6) is 0 Å². The molecule has 2 N–H and O–H groups in total. The molecule has 0 fully saturated rings. The fourth-order valence-electron chi connectivity index (χ4n) is 2.04. The maximum absolute atomic E-state index is 8.74. The van der Waals surface area contributed by atoms with Crippen LogP contribution in [0, 0.1) is 0 Å². The van der Waals surface area contributed by atoms with E-state index >= 15 is 0 Å². The van der Waals surface area contributed by atoms with E-state index in [0.717, 1.165) is 0 Å². The molecule has 170 valence electrons. The second kappa shape index (κ2) is 14.2. The first-order chi connectivity index (χ1) is 11.9. The summed E-state index contributed by atoms with van der Waals surface area (Å²) in [6.07, 6.45) is 0. The fraction of sp³-hybridized carbons (Fsp3) is 1.00. The topological polar surface area (TPSA) is 94.5 Å². The van der Waals surface area contributed by atoms with Crippen LogP contribution in [0.1, 0.15) is 83.1 Å². The zero-order valence-electron chi connectivity index (χ0n) is 20.6. The SMILES string of the molecule is O=[PH](O)O.[CH3][Al]([O]C(C)(C)C)[O]C(C)(C)C.[CH3][Al]([O]C(C)(C)C)[O]C(C)(C)C. The average Bonchev–Trinajstić information content (AvgIpc) is 2.15. The highest BCUT2D eigenvalue weighted by molar-refractivity contribution is 7.30. The molecule has 0 saturated carbocycles.